The van der Waals surface area contributed by atoms with Gasteiger partial charge >= 0.3 is 0 Å². The van der Waals surface area contributed by atoms with E-state index in [0.29, 0.717) is 5.56 Å². The molecule has 0 N–H and O–H groups in total. The summed E-state index contributed by atoms with van der Waals surface area (Å²) in [5.74, 6) is 0.948. The van der Waals surface area contributed by atoms with E-state index in [1.54, 1.807) is 13.3 Å². The number of hydrogen-bond donors (Lipinski definition) is 0. The highest BCUT2D eigenvalue weighted by atomic mass is 16.5. The number of amides is 1. The maximum absolute atomic E-state index is 12.9. The van der Waals surface area contributed by atoms with Crippen LogP contribution >= 0.6 is 0 Å². The van der Waals surface area contributed by atoms with Crippen LogP contribution in [-0.2, 0) is 12.0 Å². The molecule has 0 aliphatic carbocycles. The van der Waals surface area contributed by atoms with Gasteiger partial charge < -0.3 is 9.64 Å². The Morgan fingerprint density at radius 3 is 2.60 bits per heavy atom. The Morgan fingerprint density at radius 2 is 2.00 bits per heavy atom. The quantitative estimate of drug-likeness (QED) is 0.855. The highest BCUT2D eigenvalue weighted by molar-refractivity contribution is 5.94. The highest BCUT2D eigenvalue weighted by Crippen LogP contribution is 2.25. The van der Waals surface area contributed by atoms with Gasteiger partial charge in [0.15, 0.2) is 0 Å². The van der Waals surface area contributed by atoms with Crippen molar-refractivity contribution in [3.05, 3.63) is 47.8 Å². The number of nitrogens with zero attached hydrogens (tertiary/aromatic N) is 3. The standard InChI is InChI=1S/C20H27N3O2/c1-20(2,3)23-14-16(13-21-23)19(24)22-11-5-6-17(22)12-15-7-9-18(25-4)10-8-15/h7-10,13-14,17H,5-6,11-12H2,1-4H3. The second-order valence-electron chi connectivity index (χ2n) is 7.69. The molecule has 0 saturated carbocycles. The summed E-state index contributed by atoms with van der Waals surface area (Å²) in [6.07, 6.45) is 6.54. The summed E-state index contributed by atoms with van der Waals surface area (Å²) in [5, 5.41) is 4.36. The van der Waals surface area contributed by atoms with Gasteiger partial charge in [0.25, 0.3) is 5.91 Å². The molecule has 5 nitrogen and oxygen atoms in total. The zero-order valence-corrected chi connectivity index (χ0v) is 15.5. The molecule has 5 heteroatoms. The van der Waals surface area contributed by atoms with Crippen LogP contribution in [0.2, 0.25) is 0 Å². The number of carbonyl (C=O) groups is 1. The minimum atomic E-state index is -0.119. The molecule has 3 rings (SSSR count). The van der Waals surface area contributed by atoms with Crippen LogP contribution in [0, 0.1) is 0 Å². The first-order chi connectivity index (χ1) is 11.9. The number of likely N-dealkylation sites (tertiary alicyclic amines) is 1. The lowest BCUT2D eigenvalue weighted by Crippen LogP contribution is -2.36. The van der Waals surface area contributed by atoms with Crippen LogP contribution in [0.4, 0.5) is 0 Å². The third-order valence-corrected chi connectivity index (χ3v) is 4.79. The predicted octanol–water partition coefficient (Wildman–Crippen LogP) is 3.49. The van der Waals surface area contributed by atoms with Gasteiger partial charge in [0.2, 0.25) is 0 Å². The Bertz CT molecular complexity index is 728. The minimum Gasteiger partial charge on any atom is -0.497 e. The van der Waals surface area contributed by atoms with Gasteiger partial charge in [0, 0.05) is 18.8 Å². The van der Waals surface area contributed by atoms with E-state index in [1.807, 2.05) is 27.9 Å². The van der Waals surface area contributed by atoms with Gasteiger partial charge in [-0.3, -0.25) is 9.48 Å². The summed E-state index contributed by atoms with van der Waals surface area (Å²) in [5.41, 5.74) is 1.79. The van der Waals surface area contributed by atoms with Crippen LogP contribution in [0.25, 0.3) is 0 Å². The van der Waals surface area contributed by atoms with Crippen LogP contribution in [0.15, 0.2) is 36.7 Å². The summed E-state index contributed by atoms with van der Waals surface area (Å²) < 4.78 is 7.07. The molecule has 2 heterocycles. The number of benzene rings is 1. The van der Waals surface area contributed by atoms with E-state index in [9.17, 15) is 4.79 Å². The fourth-order valence-electron chi connectivity index (χ4n) is 3.31. The zero-order chi connectivity index (χ0) is 18.0. The normalized spacial score (nSPS) is 17.8. The van der Waals surface area contributed by atoms with Crippen molar-refractivity contribution in [2.45, 2.75) is 51.6 Å². The molecule has 1 atom stereocenters. The Hall–Kier alpha value is -2.30. The van der Waals surface area contributed by atoms with Crippen molar-refractivity contribution in [2.75, 3.05) is 13.7 Å². The number of aromatic nitrogens is 2. The molecule has 134 valence electrons. The first kappa shape index (κ1) is 17.5. The van der Waals surface area contributed by atoms with Crippen LogP contribution < -0.4 is 4.74 Å². The monoisotopic (exact) mass is 341 g/mol. The Labute approximate surface area is 149 Å². The van der Waals surface area contributed by atoms with E-state index in [4.69, 9.17) is 4.74 Å². The van der Waals surface area contributed by atoms with E-state index in [-0.39, 0.29) is 17.5 Å². The van der Waals surface area contributed by atoms with Crippen LogP contribution in [0.3, 0.4) is 0 Å². The van der Waals surface area contributed by atoms with Gasteiger partial charge in [0.1, 0.15) is 5.75 Å². The maximum atomic E-state index is 12.9. The molecule has 0 radical (unpaired) electrons. The fourth-order valence-corrected chi connectivity index (χ4v) is 3.31. The first-order valence-electron chi connectivity index (χ1n) is 8.87. The van der Waals surface area contributed by atoms with E-state index in [0.717, 1.165) is 31.6 Å². The third-order valence-electron chi connectivity index (χ3n) is 4.79. The molecule has 1 fully saturated rings. The van der Waals surface area contributed by atoms with Crippen molar-refractivity contribution >= 4 is 5.91 Å². The molecule has 1 aromatic heterocycles. The van der Waals surface area contributed by atoms with Crippen molar-refractivity contribution < 1.29 is 9.53 Å². The fraction of sp³-hybridized carbons (Fsp3) is 0.500. The smallest absolute Gasteiger partial charge is 0.257 e. The van der Waals surface area contributed by atoms with Crippen molar-refractivity contribution in [1.29, 1.82) is 0 Å². The Kier molecular flexibility index (Phi) is 4.84. The number of hydrogen-bond acceptors (Lipinski definition) is 3. The van der Waals surface area contributed by atoms with Crippen molar-refractivity contribution in [3.8, 4) is 5.75 Å². The lowest BCUT2D eigenvalue weighted by Gasteiger charge is -2.24. The number of ether oxygens (including phenoxy) is 1. The largest absolute Gasteiger partial charge is 0.497 e. The average molecular weight is 341 g/mol. The molecule has 2 aromatic rings. The summed E-state index contributed by atoms with van der Waals surface area (Å²) in [7, 11) is 1.67. The number of carbonyl (C=O) groups excluding carboxylic acids is 1. The molecule has 1 amide bonds. The second kappa shape index (κ2) is 6.90. The topological polar surface area (TPSA) is 47.4 Å². The SMILES string of the molecule is COc1ccc(CC2CCCN2C(=O)c2cnn(C(C)(C)C)c2)cc1. The van der Waals surface area contributed by atoms with E-state index in [1.165, 1.54) is 5.56 Å². The zero-order valence-electron chi connectivity index (χ0n) is 15.5. The molecular formula is C20H27N3O2. The van der Waals surface area contributed by atoms with Gasteiger partial charge in [-0.2, -0.15) is 5.10 Å². The minimum absolute atomic E-state index is 0.0894. The van der Waals surface area contributed by atoms with Crippen molar-refractivity contribution in [1.82, 2.24) is 14.7 Å². The summed E-state index contributed by atoms with van der Waals surface area (Å²) >= 11 is 0. The summed E-state index contributed by atoms with van der Waals surface area (Å²) in [4.78, 5) is 14.9. The van der Waals surface area contributed by atoms with E-state index < -0.39 is 0 Å². The molecular weight excluding hydrogens is 314 g/mol. The molecule has 1 aliphatic rings. The number of methoxy groups -OCH3 is 1. The van der Waals surface area contributed by atoms with Crippen LogP contribution in [0.5, 0.6) is 5.75 Å². The number of rotatable bonds is 4. The molecule has 1 unspecified atom stereocenters. The molecule has 0 spiro atoms. The highest BCUT2D eigenvalue weighted by Gasteiger charge is 2.30. The van der Waals surface area contributed by atoms with E-state index >= 15 is 0 Å². The van der Waals surface area contributed by atoms with Crippen molar-refractivity contribution in [2.24, 2.45) is 0 Å². The van der Waals surface area contributed by atoms with Crippen LogP contribution in [0.1, 0.15) is 49.5 Å². The van der Waals surface area contributed by atoms with Gasteiger partial charge in [0.05, 0.1) is 24.4 Å². The predicted molar refractivity (Wildman–Crippen MR) is 98.0 cm³/mol. The molecule has 0 bridgehead atoms. The molecule has 1 saturated heterocycles. The summed E-state index contributed by atoms with van der Waals surface area (Å²) in [6, 6.07) is 8.36. The molecule has 1 aromatic carbocycles. The van der Waals surface area contributed by atoms with E-state index in [2.05, 4.69) is 38.0 Å². The Balaban J connectivity index is 1.72. The van der Waals surface area contributed by atoms with Gasteiger partial charge in [-0.05, 0) is 57.7 Å². The summed E-state index contributed by atoms with van der Waals surface area (Å²) in [6.45, 7) is 7.06. The maximum Gasteiger partial charge on any atom is 0.257 e. The van der Waals surface area contributed by atoms with Gasteiger partial charge in [-0.25, -0.2) is 0 Å². The van der Waals surface area contributed by atoms with Gasteiger partial charge in [-0.15, -0.1) is 0 Å². The molecule has 25 heavy (non-hydrogen) atoms. The van der Waals surface area contributed by atoms with Gasteiger partial charge in [-0.1, -0.05) is 12.1 Å². The second-order valence-corrected chi connectivity index (χ2v) is 7.69. The average Bonchev–Trinajstić information content (AvgIpc) is 3.24. The first-order valence-corrected chi connectivity index (χ1v) is 8.87. The lowest BCUT2D eigenvalue weighted by molar-refractivity contribution is 0.0736. The van der Waals surface area contributed by atoms with Crippen molar-refractivity contribution in [3.63, 3.8) is 0 Å². The Morgan fingerprint density at radius 1 is 1.28 bits per heavy atom. The lowest BCUT2D eigenvalue weighted by atomic mass is 10.0. The molecule has 1 aliphatic heterocycles. The third kappa shape index (κ3) is 3.86. The van der Waals surface area contributed by atoms with Crippen LogP contribution in [-0.4, -0.2) is 40.3 Å².